The minimum Gasteiger partial charge on any atom is -0.479 e. The summed E-state index contributed by atoms with van der Waals surface area (Å²) in [5.41, 5.74) is 1.36. The van der Waals surface area contributed by atoms with Gasteiger partial charge in [-0.3, -0.25) is 9.59 Å². The number of nitrogens with one attached hydrogen (secondary N) is 3. The van der Waals surface area contributed by atoms with Crippen LogP contribution in [-0.4, -0.2) is 30.5 Å². The highest BCUT2D eigenvalue weighted by molar-refractivity contribution is 7.09. The van der Waals surface area contributed by atoms with Gasteiger partial charge < -0.3 is 20.7 Å². The summed E-state index contributed by atoms with van der Waals surface area (Å²) in [5.74, 6) is 0.387. The summed E-state index contributed by atoms with van der Waals surface area (Å²) in [6, 6.07) is 9.07. The number of thiophene rings is 1. The number of hydrogen-bond donors (Lipinski definition) is 3. The zero-order valence-electron chi connectivity index (χ0n) is 14.2. The molecule has 1 aliphatic heterocycles. The fraction of sp³-hybridized carbons (Fsp3) is 0.333. The van der Waals surface area contributed by atoms with Crippen LogP contribution in [0.2, 0.25) is 0 Å². The van der Waals surface area contributed by atoms with Crippen LogP contribution < -0.4 is 20.7 Å². The summed E-state index contributed by atoms with van der Waals surface area (Å²) in [5, 5.41) is 10.9. The van der Waals surface area contributed by atoms with E-state index in [2.05, 4.69) is 22.0 Å². The van der Waals surface area contributed by atoms with E-state index in [1.807, 2.05) is 17.5 Å². The Labute approximate surface area is 150 Å². The van der Waals surface area contributed by atoms with E-state index >= 15 is 0 Å². The van der Waals surface area contributed by atoms with Crippen LogP contribution in [0.4, 0.5) is 11.4 Å². The highest BCUT2D eigenvalue weighted by Gasteiger charge is 2.23. The molecule has 132 valence electrons. The first-order valence-corrected chi connectivity index (χ1v) is 9.09. The summed E-state index contributed by atoms with van der Waals surface area (Å²) >= 11 is 1.69. The molecule has 2 heterocycles. The van der Waals surface area contributed by atoms with Crippen molar-refractivity contribution in [3.63, 3.8) is 0 Å². The molecule has 2 amide bonds. The Morgan fingerprint density at radius 3 is 3.00 bits per heavy atom. The molecular formula is C18H21N3O3S. The summed E-state index contributed by atoms with van der Waals surface area (Å²) in [6.07, 6.45) is 0.329. The van der Waals surface area contributed by atoms with Gasteiger partial charge in [-0.15, -0.1) is 11.3 Å². The molecule has 2 unspecified atom stereocenters. The molecule has 25 heavy (non-hydrogen) atoms. The molecule has 0 radical (unpaired) electrons. The van der Waals surface area contributed by atoms with Gasteiger partial charge in [0.1, 0.15) is 11.8 Å². The Balaban J connectivity index is 1.53. The first kappa shape index (κ1) is 17.3. The third-order valence-corrected chi connectivity index (χ3v) is 4.87. The van der Waals surface area contributed by atoms with Crippen molar-refractivity contribution in [1.29, 1.82) is 0 Å². The molecule has 0 bridgehead atoms. The van der Waals surface area contributed by atoms with Gasteiger partial charge in [0.25, 0.3) is 5.91 Å². The minimum atomic E-state index is -0.501. The smallest absolute Gasteiger partial charge is 0.265 e. The summed E-state index contributed by atoms with van der Waals surface area (Å²) in [4.78, 5) is 25.1. The SMILES string of the molecule is CC(Nc1ccc2c(c1)NC(=O)C(C)O2)C(=O)NCCc1cccs1. The van der Waals surface area contributed by atoms with E-state index in [0.29, 0.717) is 18.0 Å². The number of fused-ring (bicyclic) bond motifs is 1. The van der Waals surface area contributed by atoms with Gasteiger partial charge in [-0.05, 0) is 49.9 Å². The van der Waals surface area contributed by atoms with E-state index in [0.717, 1.165) is 12.1 Å². The van der Waals surface area contributed by atoms with Crippen LogP contribution in [0.5, 0.6) is 5.75 Å². The first-order chi connectivity index (χ1) is 12.0. The second-order valence-electron chi connectivity index (χ2n) is 5.95. The van der Waals surface area contributed by atoms with Crippen molar-refractivity contribution in [2.24, 2.45) is 0 Å². The molecule has 0 fully saturated rings. The second-order valence-corrected chi connectivity index (χ2v) is 6.98. The predicted octanol–water partition coefficient (Wildman–Crippen LogP) is 2.63. The highest BCUT2D eigenvalue weighted by atomic mass is 32.1. The zero-order valence-corrected chi connectivity index (χ0v) is 15.0. The largest absolute Gasteiger partial charge is 0.479 e. The fourth-order valence-corrected chi connectivity index (χ4v) is 3.24. The Kier molecular flexibility index (Phi) is 5.23. The Morgan fingerprint density at radius 1 is 1.40 bits per heavy atom. The van der Waals surface area contributed by atoms with Crippen LogP contribution in [0.15, 0.2) is 35.7 Å². The van der Waals surface area contributed by atoms with Gasteiger partial charge in [-0.2, -0.15) is 0 Å². The fourth-order valence-electron chi connectivity index (χ4n) is 2.53. The van der Waals surface area contributed by atoms with Crippen LogP contribution in [0.1, 0.15) is 18.7 Å². The van der Waals surface area contributed by atoms with Crippen molar-refractivity contribution < 1.29 is 14.3 Å². The second kappa shape index (κ2) is 7.57. The van der Waals surface area contributed by atoms with Crippen molar-refractivity contribution in [3.05, 3.63) is 40.6 Å². The Hall–Kier alpha value is -2.54. The van der Waals surface area contributed by atoms with Crippen molar-refractivity contribution in [2.75, 3.05) is 17.2 Å². The summed E-state index contributed by atoms with van der Waals surface area (Å²) in [6.45, 7) is 4.11. The van der Waals surface area contributed by atoms with Gasteiger partial charge in [0.15, 0.2) is 6.10 Å². The van der Waals surface area contributed by atoms with Crippen LogP contribution in [0.3, 0.4) is 0 Å². The number of rotatable bonds is 6. The molecule has 6 nitrogen and oxygen atoms in total. The number of ether oxygens (including phenoxy) is 1. The van der Waals surface area contributed by atoms with E-state index in [1.54, 1.807) is 37.3 Å². The van der Waals surface area contributed by atoms with E-state index in [1.165, 1.54) is 4.88 Å². The molecule has 2 atom stereocenters. The lowest BCUT2D eigenvalue weighted by Gasteiger charge is -2.24. The molecule has 7 heteroatoms. The van der Waals surface area contributed by atoms with Gasteiger partial charge in [-0.25, -0.2) is 0 Å². The predicted molar refractivity (Wildman–Crippen MR) is 99.3 cm³/mol. The lowest BCUT2D eigenvalue weighted by molar-refractivity contribution is -0.123. The monoisotopic (exact) mass is 359 g/mol. The number of anilines is 2. The third kappa shape index (κ3) is 4.30. The lowest BCUT2D eigenvalue weighted by atomic mass is 10.2. The van der Waals surface area contributed by atoms with Crippen LogP contribution in [0, 0.1) is 0 Å². The number of hydrogen-bond acceptors (Lipinski definition) is 5. The maximum absolute atomic E-state index is 12.2. The van der Waals surface area contributed by atoms with Crippen LogP contribution in [-0.2, 0) is 16.0 Å². The van der Waals surface area contributed by atoms with Gasteiger partial charge in [0.05, 0.1) is 5.69 Å². The molecule has 0 saturated heterocycles. The van der Waals surface area contributed by atoms with Crippen LogP contribution in [0.25, 0.3) is 0 Å². The quantitative estimate of drug-likeness (QED) is 0.741. The third-order valence-electron chi connectivity index (χ3n) is 3.94. The first-order valence-electron chi connectivity index (χ1n) is 8.21. The van der Waals surface area contributed by atoms with Crippen molar-refractivity contribution in [3.8, 4) is 5.75 Å². The Bertz CT molecular complexity index is 761. The zero-order chi connectivity index (χ0) is 17.8. The van der Waals surface area contributed by atoms with E-state index in [4.69, 9.17) is 4.74 Å². The molecule has 3 N–H and O–H groups in total. The molecule has 0 spiro atoms. The topological polar surface area (TPSA) is 79.5 Å². The van der Waals surface area contributed by atoms with Crippen molar-refractivity contribution in [1.82, 2.24) is 5.32 Å². The molecule has 3 rings (SSSR count). The number of carbonyl (C=O) groups is 2. The van der Waals surface area contributed by atoms with Gasteiger partial charge in [-0.1, -0.05) is 6.07 Å². The van der Waals surface area contributed by atoms with E-state index in [9.17, 15) is 9.59 Å². The molecule has 1 aliphatic rings. The van der Waals surface area contributed by atoms with Gasteiger partial charge in [0.2, 0.25) is 5.91 Å². The van der Waals surface area contributed by atoms with Gasteiger partial charge in [0, 0.05) is 17.1 Å². The summed E-state index contributed by atoms with van der Waals surface area (Å²) < 4.78 is 5.52. The standard InChI is InChI=1S/C18H21N3O3S/c1-11(17(22)19-8-7-14-4-3-9-25-14)20-13-5-6-16-15(10-13)21-18(23)12(2)24-16/h3-6,9-12,20H,7-8H2,1-2H3,(H,19,22)(H,21,23). The lowest BCUT2D eigenvalue weighted by Crippen LogP contribution is -2.38. The number of carbonyl (C=O) groups excluding carboxylic acids is 2. The highest BCUT2D eigenvalue weighted by Crippen LogP contribution is 2.32. The van der Waals surface area contributed by atoms with E-state index < -0.39 is 6.10 Å². The van der Waals surface area contributed by atoms with Gasteiger partial charge >= 0.3 is 0 Å². The molecule has 0 saturated carbocycles. The molecule has 0 aliphatic carbocycles. The molecule has 2 aromatic rings. The molecule has 1 aromatic heterocycles. The summed E-state index contributed by atoms with van der Waals surface area (Å²) in [7, 11) is 0. The van der Waals surface area contributed by atoms with Crippen molar-refractivity contribution >= 4 is 34.5 Å². The Morgan fingerprint density at radius 2 is 2.24 bits per heavy atom. The molecule has 1 aromatic carbocycles. The number of benzene rings is 1. The molecular weight excluding hydrogens is 338 g/mol. The maximum atomic E-state index is 12.2. The van der Waals surface area contributed by atoms with E-state index in [-0.39, 0.29) is 17.9 Å². The van der Waals surface area contributed by atoms with Crippen molar-refractivity contribution in [2.45, 2.75) is 32.4 Å². The normalized spacial score (nSPS) is 17.0. The maximum Gasteiger partial charge on any atom is 0.265 e. The average molecular weight is 359 g/mol. The van der Waals surface area contributed by atoms with Crippen LogP contribution >= 0.6 is 11.3 Å². The average Bonchev–Trinajstić information content (AvgIpc) is 3.09. The number of amides is 2. The minimum absolute atomic E-state index is 0.0665.